The van der Waals surface area contributed by atoms with E-state index in [1.165, 1.54) is 4.68 Å². The van der Waals surface area contributed by atoms with Gasteiger partial charge in [-0.2, -0.15) is 18.3 Å². The Morgan fingerprint density at radius 1 is 1.30 bits per heavy atom. The summed E-state index contributed by atoms with van der Waals surface area (Å²) in [5.74, 6) is 0.428. The van der Waals surface area contributed by atoms with E-state index in [1.54, 1.807) is 0 Å². The summed E-state index contributed by atoms with van der Waals surface area (Å²) in [4.78, 5) is 0. The van der Waals surface area contributed by atoms with Gasteiger partial charge in [0, 0.05) is 12.6 Å². The van der Waals surface area contributed by atoms with Gasteiger partial charge < -0.3 is 5.32 Å². The molecule has 1 aliphatic rings. The van der Waals surface area contributed by atoms with Crippen LogP contribution in [0.2, 0.25) is 0 Å². The lowest BCUT2D eigenvalue weighted by Gasteiger charge is -2.27. The van der Waals surface area contributed by atoms with E-state index in [1.807, 2.05) is 31.2 Å². The van der Waals surface area contributed by atoms with Crippen LogP contribution in [0, 0.1) is 6.92 Å². The Morgan fingerprint density at radius 2 is 2.05 bits per heavy atom. The highest BCUT2D eigenvalue weighted by molar-refractivity contribution is 5.43. The molecule has 0 bridgehead atoms. The van der Waals surface area contributed by atoms with E-state index in [2.05, 4.69) is 10.4 Å². The number of aromatic nitrogens is 2. The summed E-state index contributed by atoms with van der Waals surface area (Å²) < 4.78 is 39.8. The summed E-state index contributed by atoms with van der Waals surface area (Å²) in [6.45, 7) is 2.60. The van der Waals surface area contributed by atoms with Crippen LogP contribution in [0.25, 0.3) is 0 Å². The Balaban J connectivity index is 2.06. The molecule has 2 heterocycles. The van der Waals surface area contributed by atoms with Gasteiger partial charge in [-0.3, -0.25) is 0 Å². The molecular weight excluding hydrogens is 267 g/mol. The molecule has 20 heavy (non-hydrogen) atoms. The van der Waals surface area contributed by atoms with Crippen LogP contribution in [0.3, 0.4) is 0 Å². The monoisotopic (exact) mass is 281 g/mol. The average Bonchev–Trinajstić information content (AvgIpc) is 2.83. The Labute approximate surface area is 114 Å². The minimum Gasteiger partial charge on any atom is -0.370 e. The number of alkyl halides is 3. The predicted octanol–water partition coefficient (Wildman–Crippen LogP) is 3.62. The van der Waals surface area contributed by atoms with Crippen molar-refractivity contribution in [1.29, 1.82) is 0 Å². The Bertz CT molecular complexity index is 631. The van der Waals surface area contributed by atoms with Crippen LogP contribution in [0.15, 0.2) is 30.3 Å². The lowest BCUT2D eigenvalue weighted by Crippen LogP contribution is -2.25. The fourth-order valence-corrected chi connectivity index (χ4v) is 2.61. The third-order valence-corrected chi connectivity index (χ3v) is 3.59. The Hall–Kier alpha value is -1.98. The average molecular weight is 281 g/mol. The van der Waals surface area contributed by atoms with Crippen molar-refractivity contribution in [3.63, 3.8) is 0 Å². The lowest BCUT2D eigenvalue weighted by molar-refractivity contribution is -0.141. The van der Waals surface area contributed by atoms with Crippen LogP contribution in [0.1, 0.15) is 29.3 Å². The van der Waals surface area contributed by atoms with Gasteiger partial charge in [-0.1, -0.05) is 24.3 Å². The molecule has 0 spiro atoms. The summed E-state index contributed by atoms with van der Waals surface area (Å²) >= 11 is 0. The third kappa shape index (κ3) is 2.15. The maximum absolute atomic E-state index is 12.8. The van der Waals surface area contributed by atoms with E-state index >= 15 is 0 Å². The minimum absolute atomic E-state index is 0.149. The van der Waals surface area contributed by atoms with Gasteiger partial charge in [-0.15, -0.1) is 0 Å². The molecule has 3 nitrogen and oxygen atoms in total. The van der Waals surface area contributed by atoms with E-state index in [9.17, 15) is 13.2 Å². The van der Waals surface area contributed by atoms with E-state index in [-0.39, 0.29) is 6.04 Å². The highest BCUT2D eigenvalue weighted by Crippen LogP contribution is 2.36. The number of fused-ring (bicyclic) bond motifs is 1. The number of rotatable bonds is 1. The molecule has 1 atom stereocenters. The van der Waals surface area contributed by atoms with Crippen molar-refractivity contribution in [1.82, 2.24) is 9.78 Å². The minimum atomic E-state index is -4.41. The van der Waals surface area contributed by atoms with Crippen molar-refractivity contribution in [3.05, 3.63) is 47.2 Å². The van der Waals surface area contributed by atoms with Crippen LogP contribution in [-0.4, -0.2) is 16.3 Å². The summed E-state index contributed by atoms with van der Waals surface area (Å²) in [6, 6.07) is 8.66. The number of anilines is 1. The molecule has 0 fully saturated rings. The van der Waals surface area contributed by atoms with Gasteiger partial charge in [-0.05, 0) is 24.5 Å². The molecule has 0 saturated carbocycles. The molecular formula is C14H14F3N3. The van der Waals surface area contributed by atoms with Crippen LogP contribution in [0.5, 0.6) is 0 Å². The maximum Gasteiger partial charge on any atom is 0.435 e. The zero-order valence-corrected chi connectivity index (χ0v) is 10.9. The zero-order valence-electron chi connectivity index (χ0n) is 10.9. The standard InChI is InChI=1S/C14H14F3N3/c1-9-4-2-3-5-10(9)11-6-7-18-13-8-12(14(15,16)17)19-20(11)13/h2-5,8,11,18H,6-7H2,1H3. The van der Waals surface area contributed by atoms with Crippen molar-refractivity contribution in [2.75, 3.05) is 11.9 Å². The van der Waals surface area contributed by atoms with Crippen molar-refractivity contribution >= 4 is 5.82 Å². The highest BCUT2D eigenvalue weighted by atomic mass is 19.4. The van der Waals surface area contributed by atoms with E-state index < -0.39 is 11.9 Å². The number of hydrogen-bond donors (Lipinski definition) is 1. The van der Waals surface area contributed by atoms with Gasteiger partial charge in [0.2, 0.25) is 0 Å². The molecule has 3 rings (SSSR count). The van der Waals surface area contributed by atoms with Gasteiger partial charge in [-0.25, -0.2) is 4.68 Å². The molecule has 0 radical (unpaired) electrons. The smallest absolute Gasteiger partial charge is 0.370 e. The molecule has 0 saturated heterocycles. The molecule has 6 heteroatoms. The molecule has 0 amide bonds. The number of halogens is 3. The number of aryl methyl sites for hydroxylation is 1. The largest absolute Gasteiger partial charge is 0.435 e. The normalized spacial score (nSPS) is 18.5. The van der Waals surface area contributed by atoms with Gasteiger partial charge in [0.15, 0.2) is 5.69 Å². The SMILES string of the molecule is Cc1ccccc1C1CCNc2cc(C(F)(F)F)nn21. The fourth-order valence-electron chi connectivity index (χ4n) is 2.61. The van der Waals surface area contributed by atoms with Gasteiger partial charge in [0.05, 0.1) is 6.04 Å². The molecule has 1 aromatic carbocycles. The predicted molar refractivity (Wildman–Crippen MR) is 69.7 cm³/mol. The van der Waals surface area contributed by atoms with Crippen molar-refractivity contribution in [2.45, 2.75) is 25.6 Å². The Morgan fingerprint density at radius 3 is 2.75 bits per heavy atom. The fraction of sp³-hybridized carbons (Fsp3) is 0.357. The first-order valence-electron chi connectivity index (χ1n) is 6.43. The molecule has 1 unspecified atom stereocenters. The number of nitrogens with one attached hydrogen (secondary N) is 1. The first kappa shape index (κ1) is 13.0. The van der Waals surface area contributed by atoms with Gasteiger partial charge >= 0.3 is 6.18 Å². The second-order valence-electron chi connectivity index (χ2n) is 4.94. The molecule has 1 aromatic heterocycles. The molecule has 0 aliphatic carbocycles. The molecule has 2 aromatic rings. The first-order chi connectivity index (χ1) is 9.47. The van der Waals surface area contributed by atoms with Crippen molar-refractivity contribution in [2.24, 2.45) is 0 Å². The van der Waals surface area contributed by atoms with Crippen molar-refractivity contribution < 1.29 is 13.2 Å². The second kappa shape index (κ2) is 4.54. The lowest BCUT2D eigenvalue weighted by atomic mass is 9.98. The second-order valence-corrected chi connectivity index (χ2v) is 4.94. The molecule has 1 N–H and O–H groups in total. The summed E-state index contributed by atoms with van der Waals surface area (Å²) in [5.41, 5.74) is 1.24. The summed E-state index contributed by atoms with van der Waals surface area (Å²) in [6.07, 6.45) is -3.70. The van der Waals surface area contributed by atoms with Gasteiger partial charge in [0.25, 0.3) is 0 Å². The summed E-state index contributed by atoms with van der Waals surface area (Å²) in [7, 11) is 0. The Kier molecular flexibility index (Phi) is 2.96. The van der Waals surface area contributed by atoms with E-state index in [0.717, 1.165) is 23.6 Å². The summed E-state index contributed by atoms with van der Waals surface area (Å²) in [5, 5.41) is 6.72. The van der Waals surface area contributed by atoms with Crippen LogP contribution in [-0.2, 0) is 6.18 Å². The van der Waals surface area contributed by atoms with Crippen LogP contribution >= 0.6 is 0 Å². The third-order valence-electron chi connectivity index (χ3n) is 3.59. The number of hydrogen-bond acceptors (Lipinski definition) is 2. The number of nitrogens with zero attached hydrogens (tertiary/aromatic N) is 2. The van der Waals surface area contributed by atoms with Crippen molar-refractivity contribution in [3.8, 4) is 0 Å². The van der Waals surface area contributed by atoms with E-state index in [4.69, 9.17) is 0 Å². The quantitative estimate of drug-likeness (QED) is 0.865. The van der Waals surface area contributed by atoms with E-state index in [0.29, 0.717) is 12.4 Å². The zero-order chi connectivity index (χ0) is 14.3. The number of benzene rings is 1. The molecule has 106 valence electrons. The topological polar surface area (TPSA) is 29.9 Å². The van der Waals surface area contributed by atoms with Crippen LogP contribution < -0.4 is 5.32 Å². The highest BCUT2D eigenvalue weighted by Gasteiger charge is 2.36. The maximum atomic E-state index is 12.8. The van der Waals surface area contributed by atoms with Crippen LogP contribution in [0.4, 0.5) is 19.0 Å². The molecule has 1 aliphatic heterocycles. The first-order valence-corrected chi connectivity index (χ1v) is 6.43. The van der Waals surface area contributed by atoms with Gasteiger partial charge in [0.1, 0.15) is 5.82 Å².